The molecular formula is C25H27N3O2. The highest BCUT2D eigenvalue weighted by Gasteiger charge is 2.34. The van der Waals surface area contributed by atoms with Crippen LogP contribution in [0.4, 0.5) is 11.6 Å². The van der Waals surface area contributed by atoms with Crippen molar-refractivity contribution in [1.82, 2.24) is 0 Å². The number of aliphatic hydroxyl groups excluding tert-OH is 1. The third kappa shape index (κ3) is 3.40. The van der Waals surface area contributed by atoms with E-state index in [1.807, 2.05) is 12.1 Å². The van der Waals surface area contributed by atoms with Crippen LogP contribution in [0.25, 0.3) is 11.8 Å². The smallest absolute Gasteiger partial charge is 0.193 e. The first-order chi connectivity index (χ1) is 14.7. The van der Waals surface area contributed by atoms with E-state index in [0.29, 0.717) is 19.0 Å². The van der Waals surface area contributed by atoms with Gasteiger partial charge in [0.15, 0.2) is 5.88 Å². The van der Waals surface area contributed by atoms with Crippen LogP contribution in [0.1, 0.15) is 41.7 Å². The van der Waals surface area contributed by atoms with Crippen LogP contribution in [-0.2, 0) is 12.1 Å². The topological polar surface area (TPSA) is 74.7 Å². The van der Waals surface area contributed by atoms with Crippen molar-refractivity contribution in [2.24, 2.45) is 5.73 Å². The van der Waals surface area contributed by atoms with E-state index in [1.54, 1.807) is 0 Å². The first-order valence-corrected chi connectivity index (χ1v) is 10.6. The molecule has 0 unspecified atom stereocenters. The molecule has 1 saturated carbocycles. The van der Waals surface area contributed by atoms with Crippen LogP contribution in [-0.4, -0.2) is 18.3 Å². The maximum atomic E-state index is 9.08. The van der Waals surface area contributed by atoms with Crippen LogP contribution in [0.3, 0.4) is 0 Å². The van der Waals surface area contributed by atoms with Gasteiger partial charge in [0.05, 0.1) is 13.2 Å². The Morgan fingerprint density at radius 2 is 1.83 bits per heavy atom. The molecule has 1 aliphatic carbocycles. The molecule has 0 radical (unpaired) electrons. The molecule has 4 N–H and O–H groups in total. The normalized spacial score (nSPS) is 17.1. The summed E-state index contributed by atoms with van der Waals surface area (Å²) in [6.45, 7) is 1.18. The Hall–Kier alpha value is -3.02. The first-order valence-electron chi connectivity index (χ1n) is 10.6. The summed E-state index contributed by atoms with van der Waals surface area (Å²) in [5.74, 6) is 1.60. The van der Waals surface area contributed by atoms with Gasteiger partial charge in [-0.15, -0.1) is 0 Å². The number of fused-ring (bicyclic) bond motifs is 1. The minimum absolute atomic E-state index is 0.0670. The molecule has 0 saturated heterocycles. The molecule has 154 valence electrons. The molecule has 5 heteroatoms. The number of nitrogens with two attached hydrogens (primary N) is 1. The summed E-state index contributed by atoms with van der Waals surface area (Å²) in [7, 11) is 0. The number of rotatable bonds is 6. The summed E-state index contributed by atoms with van der Waals surface area (Å²) in [5, 5.41) is 12.2. The molecule has 1 aromatic heterocycles. The van der Waals surface area contributed by atoms with Crippen LogP contribution >= 0.6 is 0 Å². The minimum atomic E-state index is -0.153. The van der Waals surface area contributed by atoms with Gasteiger partial charge in [-0.05, 0) is 48.6 Å². The second-order valence-electron chi connectivity index (χ2n) is 8.18. The quantitative estimate of drug-likeness (QED) is 0.565. The second-order valence-corrected chi connectivity index (χ2v) is 8.18. The third-order valence-electron chi connectivity index (χ3n) is 6.21. The molecule has 0 bridgehead atoms. The zero-order valence-corrected chi connectivity index (χ0v) is 17.0. The lowest BCUT2D eigenvalue weighted by atomic mass is 9.73. The Morgan fingerprint density at radius 3 is 2.50 bits per heavy atom. The molecule has 2 aromatic carbocycles. The highest BCUT2D eigenvalue weighted by Crippen LogP contribution is 2.41. The molecule has 2 heterocycles. The number of aliphatic hydroxyl groups is 1. The average molecular weight is 402 g/mol. The lowest BCUT2D eigenvalue weighted by molar-refractivity contribution is 0.253. The molecule has 3 aromatic rings. The van der Waals surface area contributed by atoms with Gasteiger partial charge in [0.25, 0.3) is 0 Å². The molecule has 30 heavy (non-hydrogen) atoms. The van der Waals surface area contributed by atoms with E-state index in [0.717, 1.165) is 41.1 Å². The van der Waals surface area contributed by atoms with Gasteiger partial charge in [-0.3, -0.25) is 0 Å². The SMILES string of the molecule is NC1(c2ccc(N3Cc4oc(NCCO)cc4C=C3c3ccccc3)cc2)CCC1. The summed E-state index contributed by atoms with van der Waals surface area (Å²) in [6.07, 6.45) is 5.50. The van der Waals surface area contributed by atoms with Gasteiger partial charge in [-0.1, -0.05) is 42.5 Å². The van der Waals surface area contributed by atoms with Gasteiger partial charge >= 0.3 is 0 Å². The Kier molecular flexibility index (Phi) is 4.85. The van der Waals surface area contributed by atoms with Gasteiger partial charge < -0.3 is 25.5 Å². The fourth-order valence-corrected chi connectivity index (χ4v) is 4.31. The van der Waals surface area contributed by atoms with Gasteiger partial charge in [0.1, 0.15) is 5.76 Å². The monoisotopic (exact) mass is 401 g/mol. The molecule has 0 atom stereocenters. The molecule has 1 fully saturated rings. The fraction of sp³-hybridized carbons (Fsp3) is 0.280. The van der Waals surface area contributed by atoms with Crippen LogP contribution in [0.2, 0.25) is 0 Å². The lowest BCUT2D eigenvalue weighted by Gasteiger charge is -2.39. The molecule has 5 nitrogen and oxygen atoms in total. The van der Waals surface area contributed by atoms with E-state index in [4.69, 9.17) is 15.3 Å². The number of anilines is 2. The van der Waals surface area contributed by atoms with E-state index in [1.165, 1.54) is 12.0 Å². The first kappa shape index (κ1) is 19.0. The number of hydrogen-bond donors (Lipinski definition) is 3. The van der Waals surface area contributed by atoms with Crippen molar-refractivity contribution in [2.75, 3.05) is 23.4 Å². The molecular weight excluding hydrogens is 374 g/mol. The van der Waals surface area contributed by atoms with Crippen molar-refractivity contribution in [1.29, 1.82) is 0 Å². The van der Waals surface area contributed by atoms with E-state index in [-0.39, 0.29) is 12.1 Å². The van der Waals surface area contributed by atoms with Crippen molar-refractivity contribution in [3.63, 3.8) is 0 Å². The van der Waals surface area contributed by atoms with E-state index >= 15 is 0 Å². The minimum Gasteiger partial charge on any atom is -0.443 e. The summed E-state index contributed by atoms with van der Waals surface area (Å²) >= 11 is 0. The van der Waals surface area contributed by atoms with Crippen molar-refractivity contribution in [3.05, 3.63) is 83.1 Å². The van der Waals surface area contributed by atoms with Crippen LogP contribution in [0, 0.1) is 0 Å². The maximum Gasteiger partial charge on any atom is 0.193 e. The molecule has 1 aliphatic heterocycles. The largest absolute Gasteiger partial charge is 0.443 e. The summed E-state index contributed by atoms with van der Waals surface area (Å²) in [5.41, 5.74) is 12.1. The Bertz CT molecular complexity index is 1050. The van der Waals surface area contributed by atoms with E-state index < -0.39 is 0 Å². The summed E-state index contributed by atoms with van der Waals surface area (Å²) in [6, 6.07) is 21.1. The van der Waals surface area contributed by atoms with Gasteiger partial charge in [0, 0.05) is 35.1 Å². The summed E-state index contributed by atoms with van der Waals surface area (Å²) in [4.78, 5) is 2.28. The average Bonchev–Trinajstić information content (AvgIpc) is 3.18. The zero-order valence-electron chi connectivity index (χ0n) is 17.0. The second kappa shape index (κ2) is 7.67. The fourth-order valence-electron chi connectivity index (χ4n) is 4.31. The number of nitrogens with zero attached hydrogens (tertiary/aromatic N) is 1. The highest BCUT2D eigenvalue weighted by atomic mass is 16.4. The van der Waals surface area contributed by atoms with Crippen molar-refractivity contribution in [2.45, 2.75) is 31.3 Å². The number of benzene rings is 2. The van der Waals surface area contributed by atoms with Crippen LogP contribution in [0.15, 0.2) is 65.1 Å². The number of hydrogen-bond acceptors (Lipinski definition) is 5. The Labute approximate surface area is 176 Å². The number of furan rings is 1. The third-order valence-corrected chi connectivity index (χ3v) is 6.21. The van der Waals surface area contributed by atoms with Crippen LogP contribution < -0.4 is 16.0 Å². The zero-order chi connectivity index (χ0) is 20.6. The Balaban J connectivity index is 1.50. The number of nitrogens with one attached hydrogen (secondary N) is 1. The van der Waals surface area contributed by atoms with Gasteiger partial charge in [-0.25, -0.2) is 0 Å². The van der Waals surface area contributed by atoms with E-state index in [9.17, 15) is 0 Å². The van der Waals surface area contributed by atoms with Crippen molar-refractivity contribution >= 4 is 23.3 Å². The van der Waals surface area contributed by atoms with Gasteiger partial charge in [0.2, 0.25) is 0 Å². The summed E-state index contributed by atoms with van der Waals surface area (Å²) < 4.78 is 6.02. The highest BCUT2D eigenvalue weighted by molar-refractivity contribution is 5.92. The molecule has 0 spiro atoms. The molecule has 2 aliphatic rings. The van der Waals surface area contributed by atoms with Crippen LogP contribution in [0.5, 0.6) is 0 Å². The van der Waals surface area contributed by atoms with Crippen molar-refractivity contribution < 1.29 is 9.52 Å². The molecule has 0 amide bonds. The molecule has 5 rings (SSSR count). The van der Waals surface area contributed by atoms with Crippen molar-refractivity contribution in [3.8, 4) is 0 Å². The predicted octanol–water partition coefficient (Wildman–Crippen LogP) is 4.54. The van der Waals surface area contributed by atoms with Gasteiger partial charge in [-0.2, -0.15) is 0 Å². The van der Waals surface area contributed by atoms with E-state index in [2.05, 4.69) is 64.8 Å². The lowest BCUT2D eigenvalue weighted by Crippen LogP contribution is -2.43. The Morgan fingerprint density at radius 1 is 1.07 bits per heavy atom. The maximum absolute atomic E-state index is 9.08. The predicted molar refractivity (Wildman–Crippen MR) is 121 cm³/mol. The standard InChI is InChI=1S/C25H27N3O2/c26-25(11-4-12-25)20-7-9-21(10-8-20)28-17-23-19(16-24(30-23)27-13-14-29)15-22(28)18-5-2-1-3-6-18/h1-3,5-10,15-16,27,29H,4,11-14,17,26H2.